The van der Waals surface area contributed by atoms with Gasteiger partial charge in [-0.2, -0.15) is 0 Å². The topological polar surface area (TPSA) is 23.0 Å². The number of fused-ring (bicyclic) bond motifs is 9. The largest absolute Gasteiger partial charge is 0.456 e. The van der Waals surface area contributed by atoms with E-state index in [2.05, 4.69) is 161 Å². The first-order chi connectivity index (χ1) is 22.3. The van der Waals surface area contributed by atoms with Crippen LogP contribution in [0.25, 0.3) is 88.1 Å². The van der Waals surface area contributed by atoms with Crippen molar-refractivity contribution < 1.29 is 4.42 Å². The molecule has 10 aromatic rings. The summed E-state index contributed by atoms with van der Waals surface area (Å²) in [5, 5.41) is 7.27. The maximum atomic E-state index is 6.44. The first kappa shape index (κ1) is 24.4. The number of hydrogen-bond acceptors (Lipinski definition) is 1. The molecule has 0 amide bonds. The molecule has 45 heavy (non-hydrogen) atoms. The fourth-order valence-electron chi connectivity index (χ4n) is 7.35. The SMILES string of the molecule is c1ccc2c(c1)oc1cc(-n3c4ccccc4c4ccccc43)c(-c3ccc(-n4c5ccccc5c5ccccc54)cc3)cc12. The molecule has 0 aliphatic heterocycles. The van der Waals surface area contributed by atoms with E-state index in [0.717, 1.165) is 44.4 Å². The monoisotopic (exact) mass is 574 g/mol. The van der Waals surface area contributed by atoms with E-state index in [4.69, 9.17) is 4.42 Å². The van der Waals surface area contributed by atoms with E-state index in [9.17, 15) is 0 Å². The number of hydrogen-bond donors (Lipinski definition) is 0. The molecule has 3 nitrogen and oxygen atoms in total. The van der Waals surface area contributed by atoms with Crippen LogP contribution in [-0.2, 0) is 0 Å². The molecule has 0 saturated carbocycles. The number of para-hydroxylation sites is 5. The van der Waals surface area contributed by atoms with E-state index in [1.807, 2.05) is 6.07 Å². The molecule has 3 aromatic heterocycles. The first-order valence-electron chi connectivity index (χ1n) is 15.4. The normalized spacial score (nSPS) is 12.0. The van der Waals surface area contributed by atoms with Gasteiger partial charge in [0.15, 0.2) is 0 Å². The van der Waals surface area contributed by atoms with E-state index >= 15 is 0 Å². The molecule has 0 aliphatic rings. The highest BCUT2D eigenvalue weighted by Gasteiger charge is 2.19. The van der Waals surface area contributed by atoms with Crippen molar-refractivity contribution in [3.8, 4) is 22.5 Å². The Bertz CT molecular complexity index is 2650. The quantitative estimate of drug-likeness (QED) is 0.206. The Morgan fingerprint density at radius 1 is 0.356 bits per heavy atom. The Hall–Kier alpha value is -6.06. The maximum Gasteiger partial charge on any atom is 0.137 e. The molecule has 0 fully saturated rings. The lowest BCUT2D eigenvalue weighted by molar-refractivity contribution is 0.668. The van der Waals surface area contributed by atoms with Crippen molar-refractivity contribution in [3.05, 3.63) is 158 Å². The summed E-state index contributed by atoms with van der Waals surface area (Å²) in [5.74, 6) is 0. The van der Waals surface area contributed by atoms with Gasteiger partial charge in [0.1, 0.15) is 11.2 Å². The average Bonchev–Trinajstić information content (AvgIpc) is 3.75. The van der Waals surface area contributed by atoms with E-state index in [-0.39, 0.29) is 0 Å². The zero-order valence-electron chi connectivity index (χ0n) is 24.3. The third-order valence-electron chi connectivity index (χ3n) is 9.33. The van der Waals surface area contributed by atoms with Crippen LogP contribution in [0, 0.1) is 0 Å². The van der Waals surface area contributed by atoms with Crippen LogP contribution in [0.1, 0.15) is 0 Å². The van der Waals surface area contributed by atoms with Crippen molar-refractivity contribution in [2.75, 3.05) is 0 Å². The summed E-state index contributed by atoms with van der Waals surface area (Å²) in [4.78, 5) is 0. The second kappa shape index (κ2) is 9.22. The minimum atomic E-state index is 0.888. The molecule has 0 bridgehead atoms. The minimum Gasteiger partial charge on any atom is -0.456 e. The second-order valence-electron chi connectivity index (χ2n) is 11.8. The highest BCUT2D eigenvalue weighted by Crippen LogP contribution is 2.41. The summed E-state index contributed by atoms with van der Waals surface area (Å²) in [6, 6.07) is 56.6. The molecule has 3 heterocycles. The number of nitrogens with zero attached hydrogens (tertiary/aromatic N) is 2. The molecular formula is C42H26N2O. The summed E-state index contributed by atoms with van der Waals surface area (Å²) >= 11 is 0. The first-order valence-corrected chi connectivity index (χ1v) is 15.4. The lowest BCUT2D eigenvalue weighted by Crippen LogP contribution is -1.98. The van der Waals surface area contributed by atoms with Gasteiger partial charge in [-0.3, -0.25) is 0 Å². The third kappa shape index (κ3) is 3.46. The van der Waals surface area contributed by atoms with Gasteiger partial charge in [0.2, 0.25) is 0 Å². The van der Waals surface area contributed by atoms with Crippen LogP contribution >= 0.6 is 0 Å². The Morgan fingerprint density at radius 3 is 1.38 bits per heavy atom. The average molecular weight is 575 g/mol. The number of aromatic nitrogens is 2. The van der Waals surface area contributed by atoms with E-state index in [1.165, 1.54) is 43.6 Å². The molecule has 0 atom stereocenters. The Morgan fingerprint density at radius 2 is 0.822 bits per heavy atom. The Labute approximate surface area is 258 Å². The molecular weight excluding hydrogens is 548 g/mol. The lowest BCUT2D eigenvalue weighted by Gasteiger charge is -2.15. The molecule has 0 spiro atoms. The van der Waals surface area contributed by atoms with Gasteiger partial charge in [0.05, 0.1) is 27.8 Å². The van der Waals surface area contributed by atoms with Crippen LogP contribution in [0.4, 0.5) is 0 Å². The fourth-order valence-corrected chi connectivity index (χ4v) is 7.35. The molecule has 3 heteroatoms. The molecule has 10 rings (SSSR count). The zero-order valence-corrected chi connectivity index (χ0v) is 24.3. The highest BCUT2D eigenvalue weighted by molar-refractivity contribution is 6.12. The second-order valence-corrected chi connectivity index (χ2v) is 11.8. The van der Waals surface area contributed by atoms with Crippen molar-refractivity contribution in [1.29, 1.82) is 0 Å². The van der Waals surface area contributed by atoms with Crippen LogP contribution in [-0.4, -0.2) is 9.13 Å². The summed E-state index contributed by atoms with van der Waals surface area (Å²) in [6.07, 6.45) is 0. The van der Waals surface area contributed by atoms with Gasteiger partial charge in [-0.25, -0.2) is 0 Å². The van der Waals surface area contributed by atoms with Gasteiger partial charge in [0.25, 0.3) is 0 Å². The summed E-state index contributed by atoms with van der Waals surface area (Å²) in [6.45, 7) is 0. The maximum absolute atomic E-state index is 6.44. The van der Waals surface area contributed by atoms with Crippen LogP contribution in [0.5, 0.6) is 0 Å². The van der Waals surface area contributed by atoms with Crippen molar-refractivity contribution in [2.45, 2.75) is 0 Å². The summed E-state index contributed by atoms with van der Waals surface area (Å²) < 4.78 is 11.2. The van der Waals surface area contributed by atoms with Gasteiger partial charge >= 0.3 is 0 Å². The summed E-state index contributed by atoms with van der Waals surface area (Å²) in [5.41, 5.74) is 11.1. The molecule has 0 N–H and O–H groups in total. The Kier molecular flexibility index (Phi) is 5.00. The van der Waals surface area contributed by atoms with Gasteiger partial charge in [-0.1, -0.05) is 103 Å². The van der Waals surface area contributed by atoms with Crippen molar-refractivity contribution >= 4 is 65.6 Å². The molecule has 0 saturated heterocycles. The smallest absolute Gasteiger partial charge is 0.137 e. The highest BCUT2D eigenvalue weighted by atomic mass is 16.3. The Balaban J connectivity index is 1.25. The standard InChI is InChI=1S/C42H26N2O/c1-6-16-36-29(11-1)30-12-2-7-17-37(30)43(36)28-23-21-27(22-24-28)34-25-35-33-15-5-10-20-41(33)45-42(35)26-40(34)44-38-18-8-3-13-31(38)32-14-4-9-19-39(32)44/h1-26H. The molecule has 7 aromatic carbocycles. The van der Waals surface area contributed by atoms with Crippen molar-refractivity contribution in [3.63, 3.8) is 0 Å². The molecule has 210 valence electrons. The van der Waals surface area contributed by atoms with Crippen LogP contribution in [0.15, 0.2) is 162 Å². The van der Waals surface area contributed by atoms with Crippen molar-refractivity contribution in [2.24, 2.45) is 0 Å². The number of benzene rings is 7. The van der Waals surface area contributed by atoms with Gasteiger partial charge in [0, 0.05) is 49.6 Å². The van der Waals surface area contributed by atoms with Crippen LogP contribution in [0.3, 0.4) is 0 Å². The van der Waals surface area contributed by atoms with Crippen LogP contribution in [0.2, 0.25) is 0 Å². The van der Waals surface area contributed by atoms with E-state index in [1.54, 1.807) is 0 Å². The van der Waals surface area contributed by atoms with Crippen molar-refractivity contribution in [1.82, 2.24) is 9.13 Å². The third-order valence-corrected chi connectivity index (χ3v) is 9.33. The predicted molar refractivity (Wildman–Crippen MR) is 188 cm³/mol. The van der Waals surface area contributed by atoms with Gasteiger partial charge < -0.3 is 13.6 Å². The minimum absolute atomic E-state index is 0.888. The van der Waals surface area contributed by atoms with E-state index < -0.39 is 0 Å². The summed E-state index contributed by atoms with van der Waals surface area (Å²) in [7, 11) is 0. The van der Waals surface area contributed by atoms with Gasteiger partial charge in [-0.15, -0.1) is 0 Å². The fraction of sp³-hybridized carbons (Fsp3) is 0. The number of furan rings is 1. The molecule has 0 radical (unpaired) electrons. The zero-order chi connectivity index (χ0) is 29.5. The molecule has 0 aliphatic carbocycles. The van der Waals surface area contributed by atoms with Gasteiger partial charge in [-0.05, 0) is 54.1 Å². The molecule has 0 unspecified atom stereocenters. The number of rotatable bonds is 3. The predicted octanol–water partition coefficient (Wildman–Crippen LogP) is 11.4. The lowest BCUT2D eigenvalue weighted by atomic mass is 9.99. The van der Waals surface area contributed by atoms with Crippen LogP contribution < -0.4 is 0 Å². The van der Waals surface area contributed by atoms with E-state index in [0.29, 0.717) is 0 Å².